The monoisotopic (exact) mass is 185 g/mol. The molecule has 1 atom stereocenters. The molecule has 3 heteroatoms. The minimum atomic E-state index is -0.292. The molecular formula is C11H11N3. The van der Waals surface area contributed by atoms with Crippen molar-refractivity contribution in [2.75, 3.05) is 0 Å². The van der Waals surface area contributed by atoms with Crippen LogP contribution in [0.2, 0.25) is 0 Å². The first-order valence-electron chi connectivity index (χ1n) is 4.41. The maximum absolute atomic E-state index is 5.74. The summed E-state index contributed by atoms with van der Waals surface area (Å²) in [6.45, 7) is 3.61. The van der Waals surface area contributed by atoms with Crippen LogP contribution in [0.3, 0.4) is 0 Å². The van der Waals surface area contributed by atoms with Gasteiger partial charge in [0, 0.05) is 11.6 Å². The molecule has 0 fully saturated rings. The zero-order chi connectivity index (χ0) is 9.97. The smallest absolute Gasteiger partial charge is 0.149 e. The standard InChI is InChI=1S/C11H11N3/c1-2-9(12)11-13-7-8-5-3-4-6-10(8)14-11/h2-7,9H,1,12H2. The van der Waals surface area contributed by atoms with Crippen LogP contribution in [0, 0.1) is 0 Å². The zero-order valence-electron chi connectivity index (χ0n) is 7.72. The normalized spacial score (nSPS) is 12.6. The van der Waals surface area contributed by atoms with Crippen molar-refractivity contribution in [3.05, 3.63) is 48.9 Å². The van der Waals surface area contributed by atoms with Gasteiger partial charge in [0.2, 0.25) is 0 Å². The van der Waals surface area contributed by atoms with Gasteiger partial charge in [-0.1, -0.05) is 24.3 Å². The lowest BCUT2D eigenvalue weighted by Gasteiger charge is -2.04. The van der Waals surface area contributed by atoms with Gasteiger partial charge in [0.05, 0.1) is 11.6 Å². The third kappa shape index (κ3) is 1.49. The third-order valence-electron chi connectivity index (χ3n) is 2.06. The number of hydrogen-bond acceptors (Lipinski definition) is 3. The second-order valence-electron chi connectivity index (χ2n) is 3.05. The molecule has 1 aromatic carbocycles. The number of para-hydroxylation sites is 1. The molecule has 0 spiro atoms. The first-order chi connectivity index (χ1) is 6.81. The van der Waals surface area contributed by atoms with Crippen molar-refractivity contribution >= 4 is 10.9 Å². The van der Waals surface area contributed by atoms with Crippen molar-refractivity contribution in [2.24, 2.45) is 5.73 Å². The number of nitrogens with two attached hydrogens (primary N) is 1. The summed E-state index contributed by atoms with van der Waals surface area (Å²) < 4.78 is 0. The van der Waals surface area contributed by atoms with Crippen LogP contribution < -0.4 is 5.73 Å². The second-order valence-corrected chi connectivity index (χ2v) is 3.05. The number of benzene rings is 1. The lowest BCUT2D eigenvalue weighted by atomic mass is 10.2. The molecule has 14 heavy (non-hydrogen) atoms. The Morgan fingerprint density at radius 1 is 1.36 bits per heavy atom. The van der Waals surface area contributed by atoms with E-state index in [4.69, 9.17) is 5.73 Å². The van der Waals surface area contributed by atoms with Gasteiger partial charge >= 0.3 is 0 Å². The van der Waals surface area contributed by atoms with Gasteiger partial charge in [0.15, 0.2) is 0 Å². The molecule has 2 rings (SSSR count). The van der Waals surface area contributed by atoms with Gasteiger partial charge in [-0.05, 0) is 6.07 Å². The molecular weight excluding hydrogens is 174 g/mol. The van der Waals surface area contributed by atoms with E-state index in [-0.39, 0.29) is 6.04 Å². The minimum Gasteiger partial charge on any atom is -0.318 e. The third-order valence-corrected chi connectivity index (χ3v) is 2.06. The highest BCUT2D eigenvalue weighted by molar-refractivity contribution is 5.77. The highest BCUT2D eigenvalue weighted by Crippen LogP contribution is 2.12. The Balaban J connectivity index is 2.56. The van der Waals surface area contributed by atoms with E-state index in [1.807, 2.05) is 24.3 Å². The number of hydrogen-bond donors (Lipinski definition) is 1. The lowest BCUT2D eigenvalue weighted by molar-refractivity contribution is 0.819. The summed E-state index contributed by atoms with van der Waals surface area (Å²) in [6.07, 6.45) is 3.41. The molecule has 1 unspecified atom stereocenters. The summed E-state index contributed by atoms with van der Waals surface area (Å²) in [6, 6.07) is 7.52. The van der Waals surface area contributed by atoms with Gasteiger partial charge in [0.25, 0.3) is 0 Å². The Morgan fingerprint density at radius 2 is 2.14 bits per heavy atom. The predicted octanol–water partition coefficient (Wildman–Crippen LogP) is 1.82. The Kier molecular flexibility index (Phi) is 2.24. The molecule has 2 aromatic rings. The fourth-order valence-corrected chi connectivity index (χ4v) is 1.25. The maximum Gasteiger partial charge on any atom is 0.149 e. The van der Waals surface area contributed by atoms with E-state index in [1.54, 1.807) is 12.3 Å². The first kappa shape index (κ1) is 8.84. The predicted molar refractivity (Wildman–Crippen MR) is 56.7 cm³/mol. The molecule has 3 nitrogen and oxygen atoms in total. The van der Waals surface area contributed by atoms with Crippen LogP contribution in [-0.2, 0) is 0 Å². The average Bonchev–Trinajstić information content (AvgIpc) is 2.27. The summed E-state index contributed by atoms with van der Waals surface area (Å²) in [7, 11) is 0. The van der Waals surface area contributed by atoms with E-state index in [1.165, 1.54) is 0 Å². The molecule has 1 heterocycles. The van der Waals surface area contributed by atoms with Crippen LogP contribution in [-0.4, -0.2) is 9.97 Å². The highest BCUT2D eigenvalue weighted by Gasteiger charge is 2.04. The van der Waals surface area contributed by atoms with Crippen LogP contribution in [0.15, 0.2) is 43.1 Å². The van der Waals surface area contributed by atoms with Gasteiger partial charge in [-0.2, -0.15) is 0 Å². The largest absolute Gasteiger partial charge is 0.318 e. The summed E-state index contributed by atoms with van der Waals surface area (Å²) >= 11 is 0. The molecule has 0 aliphatic heterocycles. The highest BCUT2D eigenvalue weighted by atomic mass is 14.9. The van der Waals surface area contributed by atoms with Crippen molar-refractivity contribution in [1.29, 1.82) is 0 Å². The fourth-order valence-electron chi connectivity index (χ4n) is 1.25. The molecule has 0 saturated heterocycles. The Morgan fingerprint density at radius 3 is 2.93 bits per heavy atom. The second kappa shape index (κ2) is 3.55. The van der Waals surface area contributed by atoms with E-state index >= 15 is 0 Å². The molecule has 0 aliphatic carbocycles. The number of aromatic nitrogens is 2. The summed E-state index contributed by atoms with van der Waals surface area (Å²) in [5.74, 6) is 0.610. The quantitative estimate of drug-likeness (QED) is 0.726. The fraction of sp³-hybridized carbons (Fsp3) is 0.0909. The molecule has 0 saturated carbocycles. The molecule has 0 aliphatic rings. The summed E-state index contributed by atoms with van der Waals surface area (Å²) in [4.78, 5) is 8.51. The number of fused-ring (bicyclic) bond motifs is 1. The Labute approximate surface area is 82.3 Å². The topological polar surface area (TPSA) is 51.8 Å². The molecule has 70 valence electrons. The number of rotatable bonds is 2. The van der Waals surface area contributed by atoms with Gasteiger partial charge in [-0.25, -0.2) is 9.97 Å². The minimum absolute atomic E-state index is 0.292. The Hall–Kier alpha value is -1.74. The summed E-state index contributed by atoms with van der Waals surface area (Å²) in [5.41, 5.74) is 6.65. The van der Waals surface area contributed by atoms with Crippen LogP contribution >= 0.6 is 0 Å². The Bertz CT molecular complexity index is 465. The van der Waals surface area contributed by atoms with Crippen molar-refractivity contribution in [1.82, 2.24) is 9.97 Å². The molecule has 2 N–H and O–H groups in total. The van der Waals surface area contributed by atoms with E-state index < -0.39 is 0 Å². The molecule has 0 amide bonds. The SMILES string of the molecule is C=CC(N)c1ncc2ccccc2n1. The van der Waals surface area contributed by atoms with Crippen LogP contribution in [0.25, 0.3) is 10.9 Å². The summed E-state index contributed by atoms with van der Waals surface area (Å²) in [5, 5.41) is 1.02. The van der Waals surface area contributed by atoms with E-state index in [0.717, 1.165) is 10.9 Å². The molecule has 1 aromatic heterocycles. The van der Waals surface area contributed by atoms with Crippen LogP contribution in [0.5, 0.6) is 0 Å². The first-order valence-corrected chi connectivity index (χ1v) is 4.41. The lowest BCUT2D eigenvalue weighted by Crippen LogP contribution is -2.10. The van der Waals surface area contributed by atoms with E-state index in [0.29, 0.717) is 5.82 Å². The van der Waals surface area contributed by atoms with Crippen molar-refractivity contribution in [3.8, 4) is 0 Å². The van der Waals surface area contributed by atoms with Crippen LogP contribution in [0.1, 0.15) is 11.9 Å². The van der Waals surface area contributed by atoms with E-state index in [9.17, 15) is 0 Å². The number of nitrogens with zero attached hydrogens (tertiary/aromatic N) is 2. The van der Waals surface area contributed by atoms with Crippen molar-refractivity contribution < 1.29 is 0 Å². The molecule has 0 radical (unpaired) electrons. The van der Waals surface area contributed by atoms with Crippen molar-refractivity contribution in [3.63, 3.8) is 0 Å². The van der Waals surface area contributed by atoms with Gasteiger partial charge in [-0.15, -0.1) is 6.58 Å². The maximum atomic E-state index is 5.74. The molecule has 0 bridgehead atoms. The van der Waals surface area contributed by atoms with Gasteiger partial charge < -0.3 is 5.73 Å². The van der Waals surface area contributed by atoms with Gasteiger partial charge in [0.1, 0.15) is 5.82 Å². The zero-order valence-corrected chi connectivity index (χ0v) is 7.72. The average molecular weight is 185 g/mol. The van der Waals surface area contributed by atoms with Crippen molar-refractivity contribution in [2.45, 2.75) is 6.04 Å². The van der Waals surface area contributed by atoms with Crippen LogP contribution in [0.4, 0.5) is 0 Å². The van der Waals surface area contributed by atoms with E-state index in [2.05, 4.69) is 16.5 Å². The van der Waals surface area contributed by atoms with Gasteiger partial charge in [-0.3, -0.25) is 0 Å².